The molecule has 0 spiro atoms. The summed E-state index contributed by atoms with van der Waals surface area (Å²) in [5.41, 5.74) is 14.5. The van der Waals surface area contributed by atoms with Crippen LogP contribution in [0.2, 0.25) is 0 Å². The molecule has 0 aliphatic carbocycles. The van der Waals surface area contributed by atoms with Gasteiger partial charge in [-0.05, 0) is 30.0 Å². The molecule has 0 aromatic rings. The zero-order chi connectivity index (χ0) is 18.1. The zero-order valence-electron chi connectivity index (χ0n) is 12.8. The number of aliphatic hydroxyl groups excluding tert-OH is 2. The summed E-state index contributed by atoms with van der Waals surface area (Å²) < 4.78 is 16.1. The van der Waals surface area contributed by atoms with Crippen molar-refractivity contribution in [1.82, 2.24) is 0 Å². The average molecular weight is 344 g/mol. The molecular formula is C11H16N6O7. The maximum atomic E-state index is 11.7. The number of carbonyl (C=O) groups is 1. The average Bonchev–Trinajstić information content (AvgIpc) is 2.86. The minimum absolute atomic E-state index is 0.0560. The van der Waals surface area contributed by atoms with E-state index in [0.717, 1.165) is 0 Å². The molecule has 0 aromatic heterocycles. The van der Waals surface area contributed by atoms with Crippen LogP contribution in [-0.4, -0.2) is 69.9 Å². The fourth-order valence-corrected chi connectivity index (χ4v) is 2.70. The Hall–Kier alpha value is -2.11. The van der Waals surface area contributed by atoms with Gasteiger partial charge in [0.25, 0.3) is 5.72 Å². The van der Waals surface area contributed by atoms with Crippen LogP contribution >= 0.6 is 0 Å². The Bertz CT molecular complexity index is 612. The molecule has 2 aliphatic rings. The normalized spacial score (nSPS) is 41.1. The van der Waals surface area contributed by atoms with Gasteiger partial charge < -0.3 is 29.5 Å². The molecule has 13 heteroatoms. The summed E-state index contributed by atoms with van der Waals surface area (Å²) in [6, 6.07) is -1.88. The minimum Gasteiger partial charge on any atom is -0.479 e. The molecule has 0 saturated carbocycles. The lowest BCUT2D eigenvalue weighted by atomic mass is 9.87. The maximum absolute atomic E-state index is 11.7. The number of rotatable bonds is 4. The Kier molecular flexibility index (Phi) is 4.87. The van der Waals surface area contributed by atoms with Gasteiger partial charge in [0.05, 0.1) is 12.7 Å². The summed E-state index contributed by atoms with van der Waals surface area (Å²) >= 11 is 0. The number of hydrogen-bond acceptors (Lipinski definition) is 8. The lowest BCUT2D eigenvalue weighted by molar-refractivity contribution is -0.256. The van der Waals surface area contributed by atoms with Gasteiger partial charge in [0, 0.05) is 9.82 Å². The van der Waals surface area contributed by atoms with Gasteiger partial charge in [-0.1, -0.05) is 5.11 Å². The first-order valence-electron chi connectivity index (χ1n) is 6.88. The van der Waals surface area contributed by atoms with Gasteiger partial charge in [-0.15, -0.1) is 0 Å². The third-order valence-electron chi connectivity index (χ3n) is 3.80. The largest absolute Gasteiger partial charge is 0.479 e. The summed E-state index contributed by atoms with van der Waals surface area (Å²) in [6.07, 6.45) is -5.87. The topological polar surface area (TPSA) is 203 Å². The molecule has 6 atom stereocenters. The van der Waals surface area contributed by atoms with Crippen LogP contribution in [0.3, 0.4) is 0 Å². The lowest BCUT2D eigenvalue weighted by Gasteiger charge is -2.45. The second kappa shape index (κ2) is 6.42. The number of aliphatic hydroxyl groups is 2. The van der Waals surface area contributed by atoms with Crippen molar-refractivity contribution >= 4 is 5.97 Å². The van der Waals surface area contributed by atoms with Gasteiger partial charge in [-0.25, -0.2) is 4.79 Å². The summed E-state index contributed by atoms with van der Waals surface area (Å²) in [4.78, 5) is 16.5. The zero-order valence-corrected chi connectivity index (χ0v) is 12.8. The number of hydrogen-bond donors (Lipinski definition) is 3. The number of carboxylic acid groups (broad SMARTS) is 1. The van der Waals surface area contributed by atoms with Crippen LogP contribution in [0.5, 0.6) is 0 Å². The number of nitrogens with zero attached hydrogens (tertiary/aromatic N) is 6. The third-order valence-corrected chi connectivity index (χ3v) is 3.80. The Labute approximate surface area is 135 Å². The van der Waals surface area contributed by atoms with E-state index in [4.69, 9.17) is 25.3 Å². The van der Waals surface area contributed by atoms with Crippen LogP contribution in [0.15, 0.2) is 10.2 Å². The van der Waals surface area contributed by atoms with Gasteiger partial charge in [-0.2, -0.15) is 0 Å². The lowest BCUT2D eigenvalue weighted by Crippen LogP contribution is -2.68. The second-order valence-corrected chi connectivity index (χ2v) is 5.77. The number of aliphatic carboxylic acids is 1. The number of azide groups is 2. The number of ether oxygens (including phenoxy) is 3. The highest BCUT2D eigenvalue weighted by molar-refractivity contribution is 5.79. The molecule has 2 aliphatic heterocycles. The first-order chi connectivity index (χ1) is 11.2. The second-order valence-electron chi connectivity index (χ2n) is 5.77. The molecular weight excluding hydrogens is 328 g/mol. The molecule has 0 bridgehead atoms. The molecule has 0 aromatic carbocycles. The van der Waals surface area contributed by atoms with E-state index in [0.29, 0.717) is 0 Å². The Balaban J connectivity index is 2.45. The van der Waals surface area contributed by atoms with E-state index in [-0.39, 0.29) is 6.61 Å². The molecule has 13 nitrogen and oxygen atoms in total. The molecule has 132 valence electrons. The molecule has 2 rings (SSSR count). The van der Waals surface area contributed by atoms with E-state index < -0.39 is 47.9 Å². The highest BCUT2D eigenvalue weighted by Gasteiger charge is 2.61. The SMILES string of the molecule is CC1(C)OC[C@H](C2O[C@](N=[N+]=[N-])(C(=O)O)C(N=[N+]=[N-])[C@@H](O)[C@H]2O)O1. The first kappa shape index (κ1) is 18.2. The van der Waals surface area contributed by atoms with E-state index in [1.165, 1.54) is 0 Å². The van der Waals surface area contributed by atoms with Crippen molar-refractivity contribution in [2.45, 2.75) is 55.8 Å². The Morgan fingerprint density at radius 1 is 1.21 bits per heavy atom. The molecule has 2 unspecified atom stereocenters. The van der Waals surface area contributed by atoms with Crippen LogP contribution in [0.1, 0.15) is 13.8 Å². The monoisotopic (exact) mass is 344 g/mol. The summed E-state index contributed by atoms with van der Waals surface area (Å²) in [5.74, 6) is -2.79. The highest BCUT2D eigenvalue weighted by atomic mass is 16.8. The predicted octanol–water partition coefficient (Wildman–Crippen LogP) is 0.0286. The van der Waals surface area contributed by atoms with Crippen molar-refractivity contribution in [1.29, 1.82) is 0 Å². The van der Waals surface area contributed by atoms with Crippen LogP contribution in [-0.2, 0) is 19.0 Å². The van der Waals surface area contributed by atoms with Crippen molar-refractivity contribution in [2.75, 3.05) is 6.61 Å². The van der Waals surface area contributed by atoms with Gasteiger partial charge in [0.1, 0.15) is 24.4 Å². The van der Waals surface area contributed by atoms with Crippen molar-refractivity contribution < 1.29 is 34.3 Å². The van der Waals surface area contributed by atoms with E-state index in [9.17, 15) is 20.1 Å². The van der Waals surface area contributed by atoms with Crippen molar-refractivity contribution in [3.8, 4) is 0 Å². The molecule has 24 heavy (non-hydrogen) atoms. The molecule has 2 fully saturated rings. The van der Waals surface area contributed by atoms with E-state index in [1.54, 1.807) is 13.8 Å². The van der Waals surface area contributed by atoms with Crippen LogP contribution < -0.4 is 0 Å². The Morgan fingerprint density at radius 2 is 1.88 bits per heavy atom. The minimum atomic E-state index is -2.74. The van der Waals surface area contributed by atoms with Crippen LogP contribution in [0.25, 0.3) is 20.9 Å². The molecule has 2 saturated heterocycles. The van der Waals surface area contributed by atoms with E-state index >= 15 is 0 Å². The van der Waals surface area contributed by atoms with Crippen molar-refractivity contribution in [3.05, 3.63) is 20.9 Å². The van der Waals surface area contributed by atoms with E-state index in [2.05, 4.69) is 20.1 Å². The summed E-state index contributed by atoms with van der Waals surface area (Å²) in [6.45, 7) is 3.14. The van der Waals surface area contributed by atoms with Gasteiger partial charge in [0.2, 0.25) is 0 Å². The van der Waals surface area contributed by atoms with Crippen molar-refractivity contribution in [2.24, 2.45) is 10.2 Å². The number of carboxylic acids is 1. The predicted molar refractivity (Wildman–Crippen MR) is 74.2 cm³/mol. The van der Waals surface area contributed by atoms with Crippen molar-refractivity contribution in [3.63, 3.8) is 0 Å². The van der Waals surface area contributed by atoms with Crippen LogP contribution in [0, 0.1) is 0 Å². The molecule has 0 radical (unpaired) electrons. The molecule has 2 heterocycles. The fraction of sp³-hybridized carbons (Fsp3) is 0.909. The molecule has 0 amide bonds. The quantitative estimate of drug-likeness (QED) is 0.362. The molecule has 3 N–H and O–H groups in total. The van der Waals surface area contributed by atoms with Gasteiger partial charge in [0.15, 0.2) is 5.79 Å². The smallest absolute Gasteiger partial charge is 0.342 e. The first-order valence-corrected chi connectivity index (χ1v) is 6.88. The highest BCUT2D eigenvalue weighted by Crippen LogP contribution is 2.38. The van der Waals surface area contributed by atoms with E-state index in [1.807, 2.05) is 0 Å². The third kappa shape index (κ3) is 2.97. The Morgan fingerprint density at radius 3 is 2.33 bits per heavy atom. The van der Waals surface area contributed by atoms with Crippen LogP contribution in [0.4, 0.5) is 0 Å². The maximum Gasteiger partial charge on any atom is 0.342 e. The summed E-state index contributed by atoms with van der Waals surface area (Å²) in [5, 5.41) is 36.1. The van der Waals surface area contributed by atoms with Gasteiger partial charge >= 0.3 is 5.97 Å². The standard InChI is InChI=1S/C11H16N6O7/c1-10(2)22-3-4(23-10)7-5(18)6(19)8(14-16-12)11(24-7,9(20)21)15-17-13/h4-8,18-19H,3H2,1-2H3,(H,20,21)/t4-,5-,6+,7?,8?,11+/m1/s1. The van der Waals surface area contributed by atoms with Gasteiger partial charge in [-0.3, -0.25) is 0 Å². The fourth-order valence-electron chi connectivity index (χ4n) is 2.70. The summed E-state index contributed by atoms with van der Waals surface area (Å²) in [7, 11) is 0.